The molecule has 0 atom stereocenters. The Balaban J connectivity index is 1.53. The maximum Gasteiger partial charge on any atom is 0.231 e. The Morgan fingerprint density at radius 3 is 2.28 bits per heavy atom. The molecule has 0 amide bonds. The molecule has 9 heteroatoms. The van der Waals surface area contributed by atoms with Gasteiger partial charge in [-0.1, -0.05) is 30.3 Å². The second-order valence-corrected chi connectivity index (χ2v) is 6.76. The van der Waals surface area contributed by atoms with Crippen LogP contribution in [0.15, 0.2) is 30.3 Å². The molecule has 0 unspecified atom stereocenters. The van der Waals surface area contributed by atoms with Gasteiger partial charge in [-0.05, 0) is 18.4 Å². The highest BCUT2D eigenvalue weighted by Crippen LogP contribution is 2.19. The molecule has 29 heavy (non-hydrogen) atoms. The summed E-state index contributed by atoms with van der Waals surface area (Å²) in [5.74, 6) is 1.84. The molecule has 1 aromatic carbocycles. The summed E-state index contributed by atoms with van der Waals surface area (Å²) < 4.78 is 10.8. The Morgan fingerprint density at radius 2 is 1.55 bits per heavy atom. The van der Waals surface area contributed by atoms with Gasteiger partial charge in [0.15, 0.2) is 0 Å². The van der Waals surface area contributed by atoms with Gasteiger partial charge >= 0.3 is 0 Å². The van der Waals surface area contributed by atoms with E-state index in [0.29, 0.717) is 63.9 Å². The zero-order valence-electron chi connectivity index (χ0n) is 16.8. The summed E-state index contributed by atoms with van der Waals surface area (Å²) >= 11 is 0. The van der Waals surface area contributed by atoms with Crippen LogP contribution < -0.4 is 21.3 Å². The molecule has 4 N–H and O–H groups in total. The highest BCUT2D eigenvalue weighted by molar-refractivity contribution is 5.44. The van der Waals surface area contributed by atoms with Crippen LogP contribution >= 0.6 is 0 Å². The van der Waals surface area contributed by atoms with Crippen LogP contribution in [0.2, 0.25) is 0 Å². The summed E-state index contributed by atoms with van der Waals surface area (Å²) in [7, 11) is 0. The van der Waals surface area contributed by atoms with Gasteiger partial charge in [-0.2, -0.15) is 15.0 Å². The molecule has 1 aliphatic heterocycles. The van der Waals surface area contributed by atoms with Crippen LogP contribution in [0.5, 0.6) is 0 Å². The second-order valence-electron chi connectivity index (χ2n) is 6.76. The molecule has 1 fully saturated rings. The van der Waals surface area contributed by atoms with Gasteiger partial charge in [-0.3, -0.25) is 0 Å². The number of aromatic nitrogens is 3. The van der Waals surface area contributed by atoms with Crippen LogP contribution in [0.25, 0.3) is 0 Å². The Morgan fingerprint density at radius 1 is 0.862 bits per heavy atom. The lowest BCUT2D eigenvalue weighted by atomic mass is 10.2. The number of nitrogens with zero attached hydrogens (tertiary/aromatic N) is 4. The molecule has 0 radical (unpaired) electrons. The van der Waals surface area contributed by atoms with Crippen molar-refractivity contribution in [3.8, 4) is 0 Å². The standard InChI is InChI=1S/C20H31N7O2/c21-8-12-28-14-15-29-13-9-22-18-24-19(23-16-17-6-2-1-3-7-17)26-20(25-18)27-10-4-5-11-27/h1-3,6-7H,4-5,8-16,21H2,(H2,22,23,24,25,26). The minimum absolute atomic E-state index is 0.529. The molecule has 0 spiro atoms. The van der Waals surface area contributed by atoms with Crippen LogP contribution in [-0.4, -0.2) is 67.6 Å². The minimum Gasteiger partial charge on any atom is -0.378 e. The average Bonchev–Trinajstić information content (AvgIpc) is 3.30. The third-order valence-electron chi connectivity index (χ3n) is 4.47. The second kappa shape index (κ2) is 12.2. The fourth-order valence-corrected chi connectivity index (χ4v) is 3.00. The quantitative estimate of drug-likeness (QED) is 0.430. The number of benzene rings is 1. The van der Waals surface area contributed by atoms with Crippen molar-refractivity contribution in [2.24, 2.45) is 5.73 Å². The van der Waals surface area contributed by atoms with Gasteiger partial charge in [0.25, 0.3) is 0 Å². The van der Waals surface area contributed by atoms with Crippen molar-refractivity contribution in [1.82, 2.24) is 15.0 Å². The number of ether oxygens (including phenoxy) is 2. The Labute approximate surface area is 172 Å². The summed E-state index contributed by atoms with van der Waals surface area (Å²) in [6, 6.07) is 10.2. The van der Waals surface area contributed by atoms with Crippen molar-refractivity contribution in [2.45, 2.75) is 19.4 Å². The zero-order valence-corrected chi connectivity index (χ0v) is 16.8. The van der Waals surface area contributed by atoms with E-state index in [-0.39, 0.29) is 0 Å². The van der Waals surface area contributed by atoms with Crippen molar-refractivity contribution >= 4 is 17.8 Å². The lowest BCUT2D eigenvalue weighted by Crippen LogP contribution is -2.23. The number of hydrogen-bond acceptors (Lipinski definition) is 9. The summed E-state index contributed by atoms with van der Waals surface area (Å²) in [4.78, 5) is 15.9. The number of anilines is 3. The highest BCUT2D eigenvalue weighted by atomic mass is 16.5. The summed E-state index contributed by atoms with van der Waals surface area (Å²) in [5.41, 5.74) is 6.55. The van der Waals surface area contributed by atoms with E-state index in [0.717, 1.165) is 13.1 Å². The van der Waals surface area contributed by atoms with Crippen molar-refractivity contribution in [1.29, 1.82) is 0 Å². The molecule has 9 nitrogen and oxygen atoms in total. The number of nitrogens with one attached hydrogen (secondary N) is 2. The zero-order chi connectivity index (χ0) is 20.2. The topological polar surface area (TPSA) is 110 Å². The molecular formula is C20H31N7O2. The average molecular weight is 402 g/mol. The van der Waals surface area contributed by atoms with Crippen LogP contribution in [0.1, 0.15) is 18.4 Å². The molecule has 3 rings (SSSR count). The first-order chi connectivity index (χ1) is 14.3. The number of hydrogen-bond donors (Lipinski definition) is 3. The normalized spacial score (nSPS) is 13.6. The van der Waals surface area contributed by atoms with Crippen molar-refractivity contribution in [3.05, 3.63) is 35.9 Å². The Hall–Kier alpha value is -2.49. The molecular weight excluding hydrogens is 370 g/mol. The molecule has 0 bridgehead atoms. The van der Waals surface area contributed by atoms with Crippen LogP contribution in [0.4, 0.5) is 17.8 Å². The number of rotatable bonds is 13. The van der Waals surface area contributed by atoms with Crippen LogP contribution in [0, 0.1) is 0 Å². The van der Waals surface area contributed by atoms with Gasteiger partial charge < -0.3 is 30.7 Å². The number of nitrogens with two attached hydrogens (primary N) is 1. The first-order valence-electron chi connectivity index (χ1n) is 10.2. The van der Waals surface area contributed by atoms with E-state index in [1.807, 2.05) is 18.2 Å². The van der Waals surface area contributed by atoms with Gasteiger partial charge in [-0.25, -0.2) is 0 Å². The molecule has 0 saturated carbocycles. The third kappa shape index (κ3) is 7.45. The predicted octanol–water partition coefficient (Wildman–Crippen LogP) is 1.49. The fraction of sp³-hybridized carbons (Fsp3) is 0.550. The maximum atomic E-state index is 5.54. The van der Waals surface area contributed by atoms with Crippen molar-refractivity contribution < 1.29 is 9.47 Å². The van der Waals surface area contributed by atoms with E-state index in [1.54, 1.807) is 0 Å². The third-order valence-corrected chi connectivity index (χ3v) is 4.47. The molecule has 1 saturated heterocycles. The van der Waals surface area contributed by atoms with E-state index in [4.69, 9.17) is 15.2 Å². The van der Waals surface area contributed by atoms with Crippen molar-refractivity contribution in [3.63, 3.8) is 0 Å². The maximum absolute atomic E-state index is 5.54. The van der Waals surface area contributed by atoms with Gasteiger partial charge in [0.05, 0.1) is 26.4 Å². The molecule has 158 valence electrons. The van der Waals surface area contributed by atoms with E-state index >= 15 is 0 Å². The Kier molecular flexibility index (Phi) is 8.89. The van der Waals surface area contributed by atoms with E-state index in [2.05, 4.69) is 42.6 Å². The molecule has 2 aromatic rings. The van der Waals surface area contributed by atoms with Gasteiger partial charge in [0, 0.05) is 32.7 Å². The largest absolute Gasteiger partial charge is 0.378 e. The van der Waals surface area contributed by atoms with Crippen LogP contribution in [0.3, 0.4) is 0 Å². The fourth-order valence-electron chi connectivity index (χ4n) is 3.00. The first kappa shape index (κ1) is 21.2. The van der Waals surface area contributed by atoms with Crippen molar-refractivity contribution in [2.75, 3.05) is 68.1 Å². The molecule has 2 heterocycles. The van der Waals surface area contributed by atoms with E-state index in [9.17, 15) is 0 Å². The Bertz CT molecular complexity index is 711. The minimum atomic E-state index is 0.529. The van der Waals surface area contributed by atoms with Gasteiger partial charge in [0.2, 0.25) is 17.8 Å². The monoisotopic (exact) mass is 401 g/mol. The summed E-state index contributed by atoms with van der Waals surface area (Å²) in [6.45, 7) is 5.96. The van der Waals surface area contributed by atoms with E-state index < -0.39 is 0 Å². The SMILES string of the molecule is NCCOCCOCCNc1nc(NCc2ccccc2)nc(N2CCCC2)n1. The highest BCUT2D eigenvalue weighted by Gasteiger charge is 2.17. The lowest BCUT2D eigenvalue weighted by molar-refractivity contribution is 0.0547. The van der Waals surface area contributed by atoms with Gasteiger partial charge in [-0.15, -0.1) is 0 Å². The summed E-state index contributed by atoms with van der Waals surface area (Å²) in [6.07, 6.45) is 2.34. The molecule has 1 aliphatic rings. The predicted molar refractivity (Wildman–Crippen MR) is 114 cm³/mol. The molecule has 0 aliphatic carbocycles. The lowest BCUT2D eigenvalue weighted by Gasteiger charge is -2.17. The van der Waals surface area contributed by atoms with Crippen LogP contribution in [-0.2, 0) is 16.0 Å². The van der Waals surface area contributed by atoms with Gasteiger partial charge in [0.1, 0.15) is 0 Å². The first-order valence-corrected chi connectivity index (χ1v) is 10.2. The molecule has 1 aromatic heterocycles. The van der Waals surface area contributed by atoms with E-state index in [1.165, 1.54) is 18.4 Å². The summed E-state index contributed by atoms with van der Waals surface area (Å²) in [5, 5.41) is 6.54. The smallest absolute Gasteiger partial charge is 0.231 e.